The molecule has 0 spiro atoms. The van der Waals surface area contributed by atoms with Crippen molar-refractivity contribution in [3.8, 4) is 5.75 Å². The number of likely N-dealkylation sites (N-methyl/N-ethyl adjacent to an activating group) is 1. The van der Waals surface area contributed by atoms with Crippen LogP contribution < -0.4 is 4.74 Å². The van der Waals surface area contributed by atoms with Crippen LogP contribution in [0.4, 0.5) is 0 Å². The van der Waals surface area contributed by atoms with Gasteiger partial charge in [-0.3, -0.25) is 0 Å². The number of aromatic nitrogens is 1. The molecule has 1 aliphatic heterocycles. The van der Waals surface area contributed by atoms with E-state index in [1.165, 1.54) is 22.2 Å². The summed E-state index contributed by atoms with van der Waals surface area (Å²) in [5, 5.41) is 1.24. The number of methoxy groups -OCH3 is 1. The van der Waals surface area contributed by atoms with Gasteiger partial charge in [0.25, 0.3) is 0 Å². The van der Waals surface area contributed by atoms with Gasteiger partial charge in [-0.2, -0.15) is 0 Å². The Kier molecular flexibility index (Phi) is 5.19. The second-order valence-electron chi connectivity index (χ2n) is 6.77. The van der Waals surface area contributed by atoms with Crippen molar-refractivity contribution in [3.05, 3.63) is 48.3 Å². The fraction of sp³-hybridized carbons (Fsp3) is 0.429. The Balaban J connectivity index is 2.03. The van der Waals surface area contributed by atoms with Gasteiger partial charge in [0, 0.05) is 61.0 Å². The van der Waals surface area contributed by atoms with Crippen molar-refractivity contribution in [2.45, 2.75) is 13.8 Å². The highest BCUT2D eigenvalue weighted by Gasteiger charge is 2.24. The number of ether oxygens (including phenoxy) is 1. The molecule has 1 aromatic carbocycles. The first-order valence-corrected chi connectivity index (χ1v) is 9.05. The third-order valence-corrected chi connectivity index (χ3v) is 5.17. The highest BCUT2D eigenvalue weighted by molar-refractivity contribution is 5.94. The summed E-state index contributed by atoms with van der Waals surface area (Å²) in [5.41, 5.74) is 4.92. The Morgan fingerprint density at radius 3 is 2.80 bits per heavy atom. The number of nitrogens with zero attached hydrogens (tertiary/aromatic N) is 2. The van der Waals surface area contributed by atoms with Gasteiger partial charge in [-0.05, 0) is 44.2 Å². The molecule has 0 saturated carbocycles. The van der Waals surface area contributed by atoms with Crippen LogP contribution in [0.5, 0.6) is 5.75 Å². The molecule has 0 saturated heterocycles. The summed E-state index contributed by atoms with van der Waals surface area (Å²) < 4.78 is 5.51. The molecule has 0 fully saturated rings. The average molecular weight is 339 g/mol. The number of fused-ring (bicyclic) bond motifs is 1. The van der Waals surface area contributed by atoms with Crippen LogP contribution in [0, 0.1) is 5.92 Å². The van der Waals surface area contributed by atoms with Gasteiger partial charge in [0.05, 0.1) is 7.11 Å². The fourth-order valence-corrected chi connectivity index (χ4v) is 3.80. The van der Waals surface area contributed by atoms with E-state index in [1.807, 2.05) is 6.20 Å². The van der Waals surface area contributed by atoms with Crippen molar-refractivity contribution in [2.24, 2.45) is 5.92 Å². The molecule has 4 nitrogen and oxygen atoms in total. The standard InChI is InChI=1S/C21H29N3O/c1-6-24(7-2)15(3)16-10-17(14-23(4)13-16)20-11-18(25-5)12-21-19(20)8-9-22-21/h8-12,16,22H,3,6-7,13-14H2,1-2,4-5H3. The zero-order valence-corrected chi connectivity index (χ0v) is 15.8. The molecule has 2 heterocycles. The Morgan fingerprint density at radius 1 is 1.36 bits per heavy atom. The van der Waals surface area contributed by atoms with Crippen LogP contribution in [0.2, 0.25) is 0 Å². The molecule has 134 valence electrons. The van der Waals surface area contributed by atoms with E-state index in [4.69, 9.17) is 4.74 Å². The summed E-state index contributed by atoms with van der Waals surface area (Å²) in [5.74, 6) is 1.23. The van der Waals surface area contributed by atoms with Crippen molar-refractivity contribution in [1.82, 2.24) is 14.8 Å². The van der Waals surface area contributed by atoms with Crippen LogP contribution in [0.15, 0.2) is 42.7 Å². The minimum atomic E-state index is 0.342. The summed E-state index contributed by atoms with van der Waals surface area (Å²) in [6.07, 6.45) is 4.40. The molecule has 1 N–H and O–H groups in total. The SMILES string of the molecule is C=C(C1C=C(c2cc(OC)cc3[nH]ccc23)CN(C)C1)N(CC)CC. The molecule has 1 aliphatic rings. The highest BCUT2D eigenvalue weighted by Crippen LogP contribution is 2.34. The van der Waals surface area contributed by atoms with Gasteiger partial charge in [0.1, 0.15) is 5.75 Å². The third kappa shape index (κ3) is 3.45. The summed E-state index contributed by atoms with van der Waals surface area (Å²) in [4.78, 5) is 8.05. The molecule has 0 amide bonds. The van der Waals surface area contributed by atoms with Gasteiger partial charge >= 0.3 is 0 Å². The predicted octanol–water partition coefficient (Wildman–Crippen LogP) is 3.98. The lowest BCUT2D eigenvalue weighted by molar-refractivity contribution is 0.285. The molecule has 2 aromatic rings. The van der Waals surface area contributed by atoms with Gasteiger partial charge in [0.15, 0.2) is 0 Å². The third-order valence-electron chi connectivity index (χ3n) is 5.17. The largest absolute Gasteiger partial charge is 0.497 e. The normalized spacial score (nSPS) is 18.2. The second-order valence-corrected chi connectivity index (χ2v) is 6.77. The van der Waals surface area contributed by atoms with Crippen LogP contribution in [-0.2, 0) is 0 Å². The Hall–Kier alpha value is -2.20. The molecule has 3 rings (SSSR count). The first-order chi connectivity index (χ1) is 12.1. The van der Waals surface area contributed by atoms with Crippen LogP contribution in [-0.4, -0.2) is 55.1 Å². The maximum Gasteiger partial charge on any atom is 0.121 e. The van der Waals surface area contributed by atoms with E-state index in [2.05, 4.69) is 66.5 Å². The molecule has 1 aromatic heterocycles. The van der Waals surface area contributed by atoms with E-state index in [9.17, 15) is 0 Å². The van der Waals surface area contributed by atoms with Crippen molar-refractivity contribution in [2.75, 3.05) is 40.3 Å². The number of H-pyrrole nitrogens is 1. The Morgan fingerprint density at radius 2 is 2.12 bits per heavy atom. The molecule has 1 unspecified atom stereocenters. The molecular weight excluding hydrogens is 310 g/mol. The molecule has 4 heteroatoms. The van der Waals surface area contributed by atoms with Crippen molar-refractivity contribution in [3.63, 3.8) is 0 Å². The van der Waals surface area contributed by atoms with Crippen LogP contribution in [0.25, 0.3) is 16.5 Å². The molecule has 0 bridgehead atoms. The van der Waals surface area contributed by atoms with E-state index in [1.54, 1.807) is 7.11 Å². The predicted molar refractivity (Wildman–Crippen MR) is 106 cm³/mol. The molecule has 0 aliphatic carbocycles. The van der Waals surface area contributed by atoms with Crippen molar-refractivity contribution < 1.29 is 4.74 Å². The zero-order chi connectivity index (χ0) is 18.0. The number of hydrogen-bond acceptors (Lipinski definition) is 3. The summed E-state index contributed by atoms with van der Waals surface area (Å²) in [7, 11) is 3.91. The lowest BCUT2D eigenvalue weighted by Crippen LogP contribution is -2.36. The maximum absolute atomic E-state index is 5.51. The van der Waals surface area contributed by atoms with Gasteiger partial charge in [-0.1, -0.05) is 12.7 Å². The molecule has 1 atom stereocenters. The monoisotopic (exact) mass is 339 g/mol. The van der Waals surface area contributed by atoms with E-state index in [-0.39, 0.29) is 0 Å². The number of nitrogens with one attached hydrogen (secondary N) is 1. The number of rotatable bonds is 6. The summed E-state index contributed by atoms with van der Waals surface area (Å²) >= 11 is 0. The van der Waals surface area contributed by atoms with Crippen LogP contribution in [0.3, 0.4) is 0 Å². The van der Waals surface area contributed by atoms with Gasteiger partial charge in [-0.25, -0.2) is 0 Å². The van der Waals surface area contributed by atoms with Crippen molar-refractivity contribution in [1.29, 1.82) is 0 Å². The lowest BCUT2D eigenvalue weighted by atomic mass is 9.91. The van der Waals surface area contributed by atoms with Gasteiger partial charge in [-0.15, -0.1) is 0 Å². The number of benzene rings is 1. The van der Waals surface area contributed by atoms with Gasteiger partial charge < -0.3 is 19.5 Å². The van der Waals surface area contributed by atoms with Crippen LogP contribution in [0.1, 0.15) is 19.4 Å². The first kappa shape index (κ1) is 17.6. The van der Waals surface area contributed by atoms with Gasteiger partial charge in [0.2, 0.25) is 0 Å². The van der Waals surface area contributed by atoms with Crippen LogP contribution >= 0.6 is 0 Å². The van der Waals surface area contributed by atoms with E-state index in [0.29, 0.717) is 5.92 Å². The highest BCUT2D eigenvalue weighted by atomic mass is 16.5. The minimum absolute atomic E-state index is 0.342. The molecule has 0 radical (unpaired) electrons. The van der Waals surface area contributed by atoms with E-state index >= 15 is 0 Å². The molecule has 25 heavy (non-hydrogen) atoms. The fourth-order valence-electron chi connectivity index (χ4n) is 3.80. The average Bonchev–Trinajstić information content (AvgIpc) is 3.09. The van der Waals surface area contributed by atoms with Crippen molar-refractivity contribution >= 4 is 16.5 Å². The number of hydrogen-bond donors (Lipinski definition) is 1. The lowest BCUT2D eigenvalue weighted by Gasteiger charge is -2.35. The zero-order valence-electron chi connectivity index (χ0n) is 15.8. The number of aromatic amines is 1. The van der Waals surface area contributed by atoms with E-state index in [0.717, 1.165) is 37.4 Å². The Labute approximate surface area is 150 Å². The quantitative estimate of drug-likeness (QED) is 0.864. The topological polar surface area (TPSA) is 31.5 Å². The summed E-state index contributed by atoms with van der Waals surface area (Å²) in [6.45, 7) is 12.7. The first-order valence-electron chi connectivity index (χ1n) is 9.05. The minimum Gasteiger partial charge on any atom is -0.497 e. The molecular formula is C21H29N3O. The smallest absolute Gasteiger partial charge is 0.121 e. The maximum atomic E-state index is 5.51. The Bertz CT molecular complexity index is 786. The summed E-state index contributed by atoms with van der Waals surface area (Å²) in [6, 6.07) is 6.35. The van der Waals surface area contributed by atoms with E-state index < -0.39 is 0 Å². The second kappa shape index (κ2) is 7.36.